The Kier molecular flexibility index (Phi) is 22.6. The molecule has 0 bridgehead atoms. The highest BCUT2D eigenvalue weighted by molar-refractivity contribution is 6.32. The van der Waals surface area contributed by atoms with Gasteiger partial charge in [0, 0.05) is 76.3 Å². The summed E-state index contributed by atoms with van der Waals surface area (Å²) >= 11 is 6.50. The molecule has 31 nitrogen and oxygen atoms in total. The maximum atomic E-state index is 15.9. The Bertz CT molecular complexity index is 7780. The molecule has 0 amide bonds. The molecule has 0 fully saturated rings. The van der Waals surface area contributed by atoms with Gasteiger partial charge in [-0.05, 0) is 176 Å². The van der Waals surface area contributed by atoms with Crippen LogP contribution >= 0.6 is 11.6 Å². The van der Waals surface area contributed by atoms with Crippen LogP contribution < -0.4 is 33.5 Å². The van der Waals surface area contributed by atoms with Gasteiger partial charge in [0.15, 0.2) is 19.4 Å². The molecule has 0 saturated carbocycles. The number of H-pyrrole nitrogens is 4. The zero-order valence-corrected chi connectivity index (χ0v) is 69.3. The minimum atomic E-state index is -1.39. The van der Waals surface area contributed by atoms with Crippen molar-refractivity contribution in [2.24, 2.45) is 16.2 Å². The monoisotopic (exact) mass is 1760 g/mol. The Labute approximate surface area is 714 Å². The van der Waals surface area contributed by atoms with Gasteiger partial charge in [0.25, 0.3) is 22.2 Å². The van der Waals surface area contributed by atoms with E-state index in [4.69, 9.17) is 49.5 Å². The molecule has 0 atom stereocenters. The lowest BCUT2D eigenvalue weighted by Crippen LogP contribution is -2.29. The van der Waals surface area contributed by atoms with Crippen LogP contribution in [0.15, 0.2) is 196 Å². The zero-order valence-electron chi connectivity index (χ0n) is 68.5. The van der Waals surface area contributed by atoms with Gasteiger partial charge in [0.05, 0.1) is 130 Å². The number of carboxylic acid groups (broad SMARTS) is 2. The number of hydrogen-bond donors (Lipinski definition) is 7. The van der Waals surface area contributed by atoms with Crippen molar-refractivity contribution >= 4 is 141 Å². The molecule has 37 heteroatoms. The summed E-state index contributed by atoms with van der Waals surface area (Å²) in [6.45, 7) is 11.6. The molecule has 12 heterocycles. The van der Waals surface area contributed by atoms with Crippen LogP contribution in [-0.2, 0) is 66.4 Å². The molecule has 127 heavy (non-hydrogen) atoms. The minimum absolute atomic E-state index is 0.0103. The standard InChI is InChI=1S/C40H43F2N3O11.C26H15F2N3O5.C24H15ClFN5O4/c1-38(2,3)35(49)53-19-43-13-10-11-24(33(43)47)29-30-27(16-25(41)23-12-14-52-32(23)30)45(31(29)34(48)55-21-56-37(51)40(7,8)9)17-22-15-28(46)44(18-26(22)42)20-54-36(50)39(4,5)6;27-16-9-18-12(3-4-20(32)30-18)8-13(16)11-31-19-10-17(28)14-5-7-36-24(14)22(19)21(23(31)26(34)35)15-2-1-6-29-25(15)33;25-13-7-16-15(29-24(27)30-16)6-10(13)9-31-17-8-14(26)11-3-5-35-21(11)19(17)18(20(31)23(33)34)12-2-1-4-28-22(12)32/h10-16,18H,17,19-21H2,1-9H3;1-10H,11H2,(H,29,33)(H,30,32)(H,34,35);1-8H,9H2,(H,28,32)(H,33,34)(H3,27,29,30). The van der Waals surface area contributed by atoms with Crippen molar-refractivity contribution in [3.8, 4) is 33.4 Å². The van der Waals surface area contributed by atoms with Crippen molar-refractivity contribution in [1.29, 1.82) is 0 Å². The van der Waals surface area contributed by atoms with E-state index in [0.717, 1.165) is 44.2 Å². The number of carbonyl (C=O) groups excluding carboxylic acids is 4. The lowest BCUT2D eigenvalue weighted by atomic mass is 9.97. The van der Waals surface area contributed by atoms with E-state index in [1.807, 2.05) is 0 Å². The number of rotatable bonds is 18. The van der Waals surface area contributed by atoms with Crippen molar-refractivity contribution in [3.05, 3.63) is 278 Å². The van der Waals surface area contributed by atoms with Crippen LogP contribution in [0.1, 0.15) is 110 Å². The molecule has 0 saturated heterocycles. The van der Waals surface area contributed by atoms with E-state index in [1.165, 1.54) is 119 Å². The van der Waals surface area contributed by atoms with Crippen molar-refractivity contribution in [3.63, 3.8) is 0 Å². The highest BCUT2D eigenvalue weighted by Crippen LogP contribution is 2.45. The number of aromatic amines is 4. The van der Waals surface area contributed by atoms with Crippen LogP contribution in [0.5, 0.6) is 0 Å². The highest BCUT2D eigenvalue weighted by atomic mass is 35.5. The molecule has 17 aromatic rings. The van der Waals surface area contributed by atoms with Crippen molar-refractivity contribution in [2.75, 3.05) is 12.5 Å². The maximum Gasteiger partial charge on any atom is 0.358 e. The Morgan fingerprint density at radius 1 is 0.488 bits per heavy atom. The number of carboxylic acids is 2. The average Bonchev–Trinajstić information content (AvgIpc) is 1.57. The normalized spacial score (nSPS) is 11.9. The number of nitrogens with one attached hydrogen (secondary N) is 4. The number of esters is 4. The van der Waals surface area contributed by atoms with Crippen LogP contribution in [0, 0.1) is 45.3 Å². The third-order valence-corrected chi connectivity index (χ3v) is 21.2. The molecule has 0 unspecified atom stereocenters. The molecule has 650 valence electrons. The van der Waals surface area contributed by atoms with Crippen LogP contribution in [0.3, 0.4) is 0 Å². The Hall–Kier alpha value is -15.6. The predicted octanol–water partition coefficient (Wildman–Crippen LogP) is 15.9. The van der Waals surface area contributed by atoms with Crippen molar-refractivity contribution in [1.82, 2.24) is 47.8 Å². The van der Waals surface area contributed by atoms with E-state index < -0.39 is 141 Å². The first-order valence-electron chi connectivity index (χ1n) is 38.7. The Balaban J connectivity index is 0.000000152. The number of benzene rings is 5. The summed E-state index contributed by atoms with van der Waals surface area (Å²) in [5.41, 5.74) is 1.36. The second kappa shape index (κ2) is 33.2. The smallest absolute Gasteiger partial charge is 0.358 e. The molecule has 17 rings (SSSR count). The van der Waals surface area contributed by atoms with Crippen LogP contribution in [-0.4, -0.2) is 101 Å². The van der Waals surface area contributed by atoms with Gasteiger partial charge in [-0.2, -0.15) is 0 Å². The Morgan fingerprint density at radius 2 is 0.945 bits per heavy atom. The number of hydrogen-bond acceptors (Lipinski definition) is 20. The third-order valence-electron chi connectivity index (χ3n) is 20.8. The predicted molar refractivity (Wildman–Crippen MR) is 456 cm³/mol. The van der Waals surface area contributed by atoms with E-state index in [9.17, 15) is 63.0 Å². The number of ether oxygens (including phenoxy) is 4. The Morgan fingerprint density at radius 3 is 1.43 bits per heavy atom. The number of imidazole rings is 1. The summed E-state index contributed by atoms with van der Waals surface area (Å²) in [6, 6.07) is 26.2. The summed E-state index contributed by atoms with van der Waals surface area (Å²) < 4.78 is 121. The number of fused-ring (bicyclic) bond motifs is 11. The second-order valence-electron chi connectivity index (χ2n) is 32.6. The molecule has 0 radical (unpaired) electrons. The first-order valence-corrected chi connectivity index (χ1v) is 39.1. The first kappa shape index (κ1) is 86.3. The van der Waals surface area contributed by atoms with Gasteiger partial charge in [-0.1, -0.05) is 11.6 Å². The van der Waals surface area contributed by atoms with Gasteiger partial charge >= 0.3 is 35.8 Å². The summed E-state index contributed by atoms with van der Waals surface area (Å²) in [7, 11) is 0. The van der Waals surface area contributed by atoms with Crippen LogP contribution in [0.25, 0.3) is 121 Å². The summed E-state index contributed by atoms with van der Waals surface area (Å²) in [5, 5.41) is 22.2. The van der Waals surface area contributed by atoms with Gasteiger partial charge in [0.1, 0.15) is 62.9 Å². The summed E-state index contributed by atoms with van der Waals surface area (Å²) in [5.74, 6) is -9.27. The maximum absolute atomic E-state index is 15.9. The largest absolute Gasteiger partial charge is 0.477 e. The number of nitrogens with zero attached hydrogens (tertiary/aromatic N) is 6. The fourth-order valence-corrected chi connectivity index (χ4v) is 14.9. The number of aromatic carboxylic acids is 2. The topological polar surface area (TPSA) is 431 Å². The van der Waals surface area contributed by atoms with Gasteiger partial charge in [-0.3, -0.25) is 47.5 Å². The molecular formula is C90H73ClF5N11O20. The zero-order chi connectivity index (χ0) is 91.1. The molecule has 0 aliphatic rings. The lowest BCUT2D eigenvalue weighted by Gasteiger charge is -2.18. The van der Waals surface area contributed by atoms with Crippen LogP contribution in [0.4, 0.5) is 27.9 Å². The molecule has 0 spiro atoms. The number of anilines is 1. The summed E-state index contributed by atoms with van der Waals surface area (Å²) in [4.78, 5) is 156. The van der Waals surface area contributed by atoms with E-state index in [0.29, 0.717) is 32.4 Å². The van der Waals surface area contributed by atoms with Gasteiger partial charge in [0.2, 0.25) is 12.4 Å². The molecule has 0 aliphatic heterocycles. The van der Waals surface area contributed by atoms with E-state index in [-0.39, 0.29) is 141 Å². The number of nitrogen functional groups attached to an aromatic ring is 1. The lowest BCUT2D eigenvalue weighted by molar-refractivity contribution is -0.161. The van der Waals surface area contributed by atoms with Gasteiger partial charge in [-0.25, -0.2) is 41.3 Å². The molecular weight excluding hydrogens is 1690 g/mol. The first-order chi connectivity index (χ1) is 60.2. The second-order valence-corrected chi connectivity index (χ2v) is 33.0. The number of furan rings is 3. The molecule has 5 aromatic carbocycles. The van der Waals surface area contributed by atoms with E-state index in [2.05, 4.69) is 24.9 Å². The number of pyridine rings is 5. The quantitative estimate of drug-likeness (QED) is 0.0181. The molecule has 8 N–H and O–H groups in total. The minimum Gasteiger partial charge on any atom is -0.477 e. The SMILES string of the molecule is CC(C)(C)C(=O)OCOC(=O)c1c(-c2cccn(COC(=O)C(C)(C)C)c2=O)c2c3occc3c(F)cc2n1Cc1cc(=O)n(COC(=O)C(C)(C)C)cc1F.Nc1nc2cc(Cl)c(Cn3c(C(=O)O)c(-c4ccc[nH]c4=O)c4c5occc5c(F)cc43)cc2[nH]1.O=C(O)c1c(-c2ccc[nH]c2=O)c2c3occc3c(F)cc2n1Cc1cc2ccc(=O)[nH]c2cc1F. The number of aromatic nitrogens is 10. The number of carbonyl (C=O) groups is 6. The fraction of sp³-hybridized carbons (Fsp3) is 0.200. The number of nitrogens with two attached hydrogens (primary N) is 1. The van der Waals surface area contributed by atoms with Gasteiger partial charge < -0.3 is 81.8 Å². The van der Waals surface area contributed by atoms with E-state index >= 15 is 22.0 Å². The van der Waals surface area contributed by atoms with E-state index in [1.54, 1.807) is 80.5 Å². The highest BCUT2D eigenvalue weighted by Gasteiger charge is 2.36. The van der Waals surface area contributed by atoms with Crippen molar-refractivity contribution < 1.29 is 93.1 Å². The summed E-state index contributed by atoms with van der Waals surface area (Å²) in [6.07, 6.45) is 8.83. The fourth-order valence-electron chi connectivity index (χ4n) is 14.7. The van der Waals surface area contributed by atoms with Gasteiger partial charge in [-0.15, -0.1) is 0 Å². The number of halogens is 6. The van der Waals surface area contributed by atoms with Crippen molar-refractivity contribution in [2.45, 2.75) is 95.4 Å². The third kappa shape index (κ3) is 16.4. The molecule has 12 aromatic heterocycles. The average molecular weight is 1760 g/mol. The van der Waals surface area contributed by atoms with Crippen LogP contribution in [0.2, 0.25) is 5.02 Å². The molecule has 0 aliphatic carbocycles.